The molecular formula is C20H17ClN4O2S. The highest BCUT2D eigenvalue weighted by atomic mass is 35.5. The maximum Gasteiger partial charge on any atom is 0.269 e. The summed E-state index contributed by atoms with van der Waals surface area (Å²) in [6, 6.07) is 18.0. The van der Waals surface area contributed by atoms with Gasteiger partial charge in [-0.15, -0.1) is 0 Å². The minimum atomic E-state index is -0.394. The van der Waals surface area contributed by atoms with Crippen LogP contribution < -0.4 is 5.32 Å². The van der Waals surface area contributed by atoms with Crippen molar-refractivity contribution in [3.8, 4) is 0 Å². The van der Waals surface area contributed by atoms with E-state index in [1.807, 2.05) is 36.5 Å². The lowest BCUT2D eigenvalue weighted by molar-refractivity contribution is -0.384. The van der Waals surface area contributed by atoms with Gasteiger partial charge in [0.05, 0.1) is 21.7 Å². The van der Waals surface area contributed by atoms with Gasteiger partial charge in [0.25, 0.3) is 5.69 Å². The van der Waals surface area contributed by atoms with E-state index in [0.29, 0.717) is 16.7 Å². The molecule has 4 rings (SSSR count). The standard InChI is InChI=1S/C20H17ClN4O2S/c21-16-4-1-2-5-17(16)22-20(28)24-13-12-23-11-3-6-18(23)19(24)14-7-9-15(10-8-14)25(26)27/h1-11,19H,12-13H2,(H,22,28)/t19-/m1/s1. The summed E-state index contributed by atoms with van der Waals surface area (Å²) in [5, 5.41) is 15.4. The number of halogens is 1. The van der Waals surface area contributed by atoms with Gasteiger partial charge in [-0.05, 0) is 54.2 Å². The quantitative estimate of drug-likeness (QED) is 0.378. The van der Waals surface area contributed by atoms with E-state index in [4.69, 9.17) is 23.8 Å². The highest BCUT2D eigenvalue weighted by molar-refractivity contribution is 7.80. The normalized spacial score (nSPS) is 15.8. The van der Waals surface area contributed by atoms with Gasteiger partial charge in [-0.2, -0.15) is 0 Å². The summed E-state index contributed by atoms with van der Waals surface area (Å²) < 4.78 is 2.18. The van der Waals surface area contributed by atoms with Crippen LogP contribution >= 0.6 is 23.8 Å². The van der Waals surface area contributed by atoms with E-state index >= 15 is 0 Å². The largest absolute Gasteiger partial charge is 0.348 e. The van der Waals surface area contributed by atoms with Crippen LogP contribution in [0.25, 0.3) is 0 Å². The SMILES string of the molecule is O=[N+]([O-])c1ccc([C@@H]2c3cccn3CCN2C(=S)Nc2ccccc2Cl)cc1. The number of aromatic nitrogens is 1. The molecule has 0 radical (unpaired) electrons. The van der Waals surface area contributed by atoms with Gasteiger partial charge in [0.1, 0.15) is 0 Å². The third kappa shape index (κ3) is 3.46. The van der Waals surface area contributed by atoms with Crippen molar-refractivity contribution in [1.82, 2.24) is 9.47 Å². The van der Waals surface area contributed by atoms with Crippen LogP contribution in [-0.4, -0.2) is 26.0 Å². The molecule has 2 aromatic carbocycles. The molecule has 0 bridgehead atoms. The van der Waals surface area contributed by atoms with E-state index in [0.717, 1.165) is 23.5 Å². The van der Waals surface area contributed by atoms with Crippen molar-refractivity contribution in [2.75, 3.05) is 11.9 Å². The third-order valence-corrected chi connectivity index (χ3v) is 5.50. The number of nitro benzene ring substituents is 1. The average molecular weight is 413 g/mol. The first-order chi connectivity index (χ1) is 13.5. The van der Waals surface area contributed by atoms with Crippen molar-refractivity contribution >= 4 is 40.3 Å². The first kappa shape index (κ1) is 18.5. The average Bonchev–Trinajstić information content (AvgIpc) is 3.18. The number of nitrogens with zero attached hydrogens (tertiary/aromatic N) is 3. The van der Waals surface area contributed by atoms with Gasteiger partial charge in [0.2, 0.25) is 0 Å². The second kappa shape index (κ2) is 7.61. The van der Waals surface area contributed by atoms with E-state index in [1.54, 1.807) is 12.1 Å². The Balaban J connectivity index is 1.68. The smallest absolute Gasteiger partial charge is 0.269 e. The highest BCUT2D eigenvalue weighted by Gasteiger charge is 2.31. The van der Waals surface area contributed by atoms with Gasteiger partial charge >= 0.3 is 0 Å². The van der Waals surface area contributed by atoms with E-state index in [9.17, 15) is 10.1 Å². The molecule has 2 heterocycles. The summed E-state index contributed by atoms with van der Waals surface area (Å²) in [4.78, 5) is 12.7. The van der Waals surface area contributed by atoms with E-state index in [2.05, 4.69) is 20.9 Å². The van der Waals surface area contributed by atoms with Crippen LogP contribution in [0.4, 0.5) is 11.4 Å². The molecule has 1 atom stereocenters. The molecule has 1 aliphatic heterocycles. The molecule has 3 aromatic rings. The Kier molecular flexibility index (Phi) is 5.02. The Morgan fingerprint density at radius 1 is 1.11 bits per heavy atom. The number of para-hydroxylation sites is 1. The minimum absolute atomic E-state index is 0.0678. The van der Waals surface area contributed by atoms with Crippen molar-refractivity contribution in [3.05, 3.63) is 93.3 Å². The summed E-state index contributed by atoms with van der Waals surface area (Å²) in [7, 11) is 0. The number of hydrogen-bond donors (Lipinski definition) is 1. The summed E-state index contributed by atoms with van der Waals surface area (Å²) in [5.74, 6) is 0. The molecule has 0 saturated heterocycles. The fourth-order valence-electron chi connectivity index (χ4n) is 3.48. The van der Waals surface area contributed by atoms with Crippen LogP contribution in [-0.2, 0) is 6.54 Å². The molecule has 28 heavy (non-hydrogen) atoms. The fourth-order valence-corrected chi connectivity index (χ4v) is 3.97. The minimum Gasteiger partial charge on any atom is -0.348 e. The van der Waals surface area contributed by atoms with Crippen molar-refractivity contribution in [2.24, 2.45) is 0 Å². The van der Waals surface area contributed by atoms with Crippen LogP contribution in [0.2, 0.25) is 5.02 Å². The molecule has 0 unspecified atom stereocenters. The number of nitrogens with one attached hydrogen (secondary N) is 1. The van der Waals surface area contributed by atoms with Crippen LogP contribution in [0.15, 0.2) is 66.9 Å². The number of benzene rings is 2. The summed E-state index contributed by atoms with van der Waals surface area (Å²) >= 11 is 12.0. The predicted molar refractivity (Wildman–Crippen MR) is 114 cm³/mol. The molecule has 6 nitrogen and oxygen atoms in total. The lowest BCUT2D eigenvalue weighted by Gasteiger charge is -2.39. The molecule has 1 aliphatic rings. The predicted octanol–water partition coefficient (Wildman–Crippen LogP) is 4.85. The molecular weight excluding hydrogens is 396 g/mol. The van der Waals surface area contributed by atoms with E-state index in [1.165, 1.54) is 12.1 Å². The van der Waals surface area contributed by atoms with Crippen LogP contribution in [0, 0.1) is 10.1 Å². The molecule has 0 amide bonds. The fraction of sp³-hybridized carbons (Fsp3) is 0.150. The molecule has 0 spiro atoms. The second-order valence-electron chi connectivity index (χ2n) is 6.48. The molecule has 0 saturated carbocycles. The molecule has 0 fully saturated rings. The number of thiocarbonyl (C=S) groups is 1. The van der Waals surface area contributed by atoms with Gasteiger partial charge in [-0.3, -0.25) is 10.1 Å². The lowest BCUT2D eigenvalue weighted by Crippen LogP contribution is -2.44. The van der Waals surface area contributed by atoms with Gasteiger partial charge in [-0.25, -0.2) is 0 Å². The first-order valence-corrected chi connectivity index (χ1v) is 9.55. The van der Waals surface area contributed by atoms with Crippen LogP contribution in [0.3, 0.4) is 0 Å². The lowest BCUT2D eigenvalue weighted by atomic mass is 10.00. The van der Waals surface area contributed by atoms with Crippen molar-refractivity contribution in [2.45, 2.75) is 12.6 Å². The van der Waals surface area contributed by atoms with Crippen LogP contribution in [0.5, 0.6) is 0 Å². The van der Waals surface area contributed by atoms with Crippen LogP contribution in [0.1, 0.15) is 17.3 Å². The van der Waals surface area contributed by atoms with Crippen molar-refractivity contribution in [1.29, 1.82) is 0 Å². The third-order valence-electron chi connectivity index (χ3n) is 4.83. The van der Waals surface area contributed by atoms with Gasteiger partial charge in [-0.1, -0.05) is 23.7 Å². The van der Waals surface area contributed by atoms with Gasteiger partial charge in [0.15, 0.2) is 5.11 Å². The zero-order valence-corrected chi connectivity index (χ0v) is 16.4. The highest BCUT2D eigenvalue weighted by Crippen LogP contribution is 2.34. The number of non-ortho nitro benzene ring substituents is 1. The number of rotatable bonds is 3. The molecule has 0 aliphatic carbocycles. The van der Waals surface area contributed by atoms with Gasteiger partial charge in [0, 0.05) is 37.1 Å². The molecule has 142 valence electrons. The number of hydrogen-bond acceptors (Lipinski definition) is 3. The summed E-state index contributed by atoms with van der Waals surface area (Å²) in [6.45, 7) is 1.51. The molecule has 1 N–H and O–H groups in total. The van der Waals surface area contributed by atoms with Crippen molar-refractivity contribution < 1.29 is 4.92 Å². The maximum absolute atomic E-state index is 11.0. The van der Waals surface area contributed by atoms with E-state index < -0.39 is 4.92 Å². The van der Waals surface area contributed by atoms with Crippen molar-refractivity contribution in [3.63, 3.8) is 0 Å². The zero-order valence-electron chi connectivity index (χ0n) is 14.8. The van der Waals surface area contributed by atoms with E-state index in [-0.39, 0.29) is 11.7 Å². The monoisotopic (exact) mass is 412 g/mol. The molecule has 8 heteroatoms. The maximum atomic E-state index is 11.0. The Morgan fingerprint density at radius 2 is 1.86 bits per heavy atom. The number of anilines is 1. The summed E-state index contributed by atoms with van der Waals surface area (Å²) in [6.07, 6.45) is 2.04. The summed E-state index contributed by atoms with van der Waals surface area (Å²) in [5.41, 5.74) is 2.84. The number of nitro groups is 1. The van der Waals surface area contributed by atoms with Gasteiger partial charge < -0.3 is 14.8 Å². The topological polar surface area (TPSA) is 63.3 Å². The molecule has 1 aromatic heterocycles. The Morgan fingerprint density at radius 3 is 2.57 bits per heavy atom. The Bertz CT molecular complexity index is 1030. The number of fused-ring (bicyclic) bond motifs is 1. The zero-order chi connectivity index (χ0) is 19.7. The Hall–Kier alpha value is -2.90. The Labute approximate surface area is 172 Å². The second-order valence-corrected chi connectivity index (χ2v) is 7.27. The first-order valence-electron chi connectivity index (χ1n) is 8.76.